The molecule has 232 valence electrons. The standard InChI is InChI=1S/C33H44N4O6/c1-33(2,3)43-25-15-13-23(14-16-25)20-27(31(40)37-18-8-12-28(37)32(41)42)36-29(38)21-24(19-22-9-5-4-6-10-22)35-30(39)26-11-7-17-34-26/h4-6,9-10,13-16,24,26-28,34H,7-8,11-12,17-21H2,1-3H3,(H,35,39)(H,36,38)(H,41,42). The number of nitrogens with one attached hydrogen (secondary N) is 3. The molecule has 0 aliphatic carbocycles. The monoisotopic (exact) mass is 592 g/mol. The Morgan fingerprint density at radius 2 is 1.65 bits per heavy atom. The number of carbonyl (C=O) groups excluding carboxylic acids is 3. The van der Waals surface area contributed by atoms with Crippen LogP contribution in [-0.4, -0.2) is 76.6 Å². The first kappa shape index (κ1) is 32.0. The van der Waals surface area contributed by atoms with E-state index < -0.39 is 35.9 Å². The van der Waals surface area contributed by atoms with Crippen molar-refractivity contribution in [2.45, 2.75) is 95.5 Å². The quantitative estimate of drug-likeness (QED) is 0.298. The number of hydrogen-bond donors (Lipinski definition) is 4. The minimum atomic E-state index is -1.05. The molecule has 2 aromatic carbocycles. The molecule has 4 rings (SSSR count). The number of benzene rings is 2. The van der Waals surface area contributed by atoms with Crippen LogP contribution >= 0.6 is 0 Å². The zero-order valence-electron chi connectivity index (χ0n) is 25.3. The lowest BCUT2D eigenvalue weighted by atomic mass is 10.0. The highest BCUT2D eigenvalue weighted by atomic mass is 16.5. The van der Waals surface area contributed by atoms with E-state index in [1.54, 1.807) is 0 Å². The van der Waals surface area contributed by atoms with Gasteiger partial charge in [0.05, 0.1) is 6.04 Å². The molecule has 2 saturated heterocycles. The molecule has 2 aliphatic heterocycles. The fourth-order valence-corrected chi connectivity index (χ4v) is 5.73. The first-order valence-corrected chi connectivity index (χ1v) is 15.2. The number of likely N-dealkylation sites (tertiary alicyclic amines) is 1. The number of aliphatic carboxylic acids is 1. The normalized spacial score (nSPS) is 19.8. The summed E-state index contributed by atoms with van der Waals surface area (Å²) in [6.45, 7) is 6.97. The number of carboxylic acids is 1. The Morgan fingerprint density at radius 3 is 2.28 bits per heavy atom. The Bertz CT molecular complexity index is 1250. The maximum absolute atomic E-state index is 13.7. The average molecular weight is 593 g/mol. The Balaban J connectivity index is 1.50. The molecule has 2 aliphatic rings. The van der Waals surface area contributed by atoms with Gasteiger partial charge in [0.25, 0.3) is 0 Å². The van der Waals surface area contributed by atoms with Crippen molar-refractivity contribution in [2.24, 2.45) is 0 Å². The van der Waals surface area contributed by atoms with Crippen molar-refractivity contribution < 1.29 is 29.0 Å². The van der Waals surface area contributed by atoms with E-state index in [1.807, 2.05) is 75.4 Å². The van der Waals surface area contributed by atoms with Gasteiger partial charge in [0.15, 0.2) is 0 Å². The van der Waals surface area contributed by atoms with Crippen LogP contribution in [0.5, 0.6) is 5.75 Å². The minimum absolute atomic E-state index is 0.0299. The average Bonchev–Trinajstić information content (AvgIpc) is 3.66. The largest absolute Gasteiger partial charge is 0.488 e. The molecule has 0 saturated carbocycles. The Morgan fingerprint density at radius 1 is 0.953 bits per heavy atom. The molecule has 0 spiro atoms. The molecule has 0 radical (unpaired) electrons. The highest BCUT2D eigenvalue weighted by molar-refractivity contribution is 5.91. The van der Waals surface area contributed by atoms with Gasteiger partial charge in [-0.1, -0.05) is 42.5 Å². The summed E-state index contributed by atoms with van der Waals surface area (Å²) in [5.74, 6) is -1.32. The van der Waals surface area contributed by atoms with Crippen LogP contribution in [0, 0.1) is 0 Å². The van der Waals surface area contributed by atoms with Crippen LogP contribution in [0.15, 0.2) is 54.6 Å². The molecule has 10 nitrogen and oxygen atoms in total. The molecular formula is C33H44N4O6. The molecule has 43 heavy (non-hydrogen) atoms. The summed E-state index contributed by atoms with van der Waals surface area (Å²) in [5.41, 5.74) is 1.41. The first-order valence-electron chi connectivity index (χ1n) is 15.2. The van der Waals surface area contributed by atoms with Gasteiger partial charge in [-0.25, -0.2) is 4.79 Å². The number of nitrogens with zero attached hydrogens (tertiary/aromatic N) is 1. The number of hydrogen-bond acceptors (Lipinski definition) is 6. The summed E-state index contributed by atoms with van der Waals surface area (Å²) >= 11 is 0. The summed E-state index contributed by atoms with van der Waals surface area (Å²) in [5, 5.41) is 18.8. The summed E-state index contributed by atoms with van der Waals surface area (Å²) < 4.78 is 5.91. The van der Waals surface area contributed by atoms with Crippen LogP contribution in [0.3, 0.4) is 0 Å². The van der Waals surface area contributed by atoms with E-state index >= 15 is 0 Å². The van der Waals surface area contributed by atoms with Gasteiger partial charge in [-0.3, -0.25) is 14.4 Å². The molecule has 2 aromatic rings. The molecular weight excluding hydrogens is 548 g/mol. The maximum atomic E-state index is 13.7. The van der Waals surface area contributed by atoms with E-state index in [4.69, 9.17) is 4.74 Å². The van der Waals surface area contributed by atoms with Gasteiger partial charge in [-0.2, -0.15) is 0 Å². The third kappa shape index (κ3) is 9.54. The van der Waals surface area contributed by atoms with Crippen molar-refractivity contribution in [2.75, 3.05) is 13.1 Å². The fraction of sp³-hybridized carbons (Fsp3) is 0.515. The van der Waals surface area contributed by atoms with Crippen molar-refractivity contribution in [3.05, 3.63) is 65.7 Å². The van der Waals surface area contributed by atoms with E-state index in [1.165, 1.54) is 4.90 Å². The SMILES string of the molecule is CC(C)(C)Oc1ccc(CC(NC(=O)CC(Cc2ccccc2)NC(=O)C2CCCN2)C(=O)N2CCCC2C(=O)O)cc1. The van der Waals surface area contributed by atoms with Crippen LogP contribution in [-0.2, 0) is 32.0 Å². The zero-order chi connectivity index (χ0) is 31.0. The van der Waals surface area contributed by atoms with Gasteiger partial charge >= 0.3 is 5.97 Å². The molecule has 2 heterocycles. The van der Waals surface area contributed by atoms with Crippen molar-refractivity contribution in [3.8, 4) is 5.75 Å². The fourth-order valence-electron chi connectivity index (χ4n) is 5.73. The lowest BCUT2D eigenvalue weighted by molar-refractivity contribution is -0.149. The molecule has 10 heteroatoms. The Labute approximate surface area is 253 Å². The topological polar surface area (TPSA) is 137 Å². The third-order valence-electron chi connectivity index (χ3n) is 7.72. The van der Waals surface area contributed by atoms with Gasteiger partial charge in [-0.15, -0.1) is 0 Å². The van der Waals surface area contributed by atoms with Crippen molar-refractivity contribution in [1.29, 1.82) is 0 Å². The smallest absolute Gasteiger partial charge is 0.326 e. The lowest BCUT2D eigenvalue weighted by Gasteiger charge is -2.28. The van der Waals surface area contributed by atoms with Gasteiger partial charge < -0.3 is 30.7 Å². The highest BCUT2D eigenvalue weighted by Crippen LogP contribution is 2.22. The van der Waals surface area contributed by atoms with E-state index in [9.17, 15) is 24.3 Å². The number of carbonyl (C=O) groups is 4. The van der Waals surface area contributed by atoms with E-state index in [0.29, 0.717) is 31.6 Å². The zero-order valence-corrected chi connectivity index (χ0v) is 25.3. The van der Waals surface area contributed by atoms with Gasteiger partial charge in [0.1, 0.15) is 23.4 Å². The van der Waals surface area contributed by atoms with Crippen molar-refractivity contribution >= 4 is 23.7 Å². The molecule has 0 aromatic heterocycles. The summed E-state index contributed by atoms with van der Waals surface area (Å²) in [4.78, 5) is 53.4. The van der Waals surface area contributed by atoms with Crippen LogP contribution in [0.25, 0.3) is 0 Å². The van der Waals surface area contributed by atoms with Gasteiger partial charge in [-0.05, 0) is 82.7 Å². The Kier molecular flexibility index (Phi) is 10.8. The minimum Gasteiger partial charge on any atom is -0.488 e. The molecule has 2 fully saturated rings. The second-order valence-corrected chi connectivity index (χ2v) is 12.5. The van der Waals surface area contributed by atoms with E-state index in [0.717, 1.165) is 30.5 Å². The predicted molar refractivity (Wildman–Crippen MR) is 163 cm³/mol. The predicted octanol–water partition coefficient (Wildman–Crippen LogP) is 2.84. The van der Waals surface area contributed by atoms with Crippen LogP contribution in [0.1, 0.15) is 64.0 Å². The number of ether oxygens (including phenoxy) is 1. The maximum Gasteiger partial charge on any atom is 0.326 e. The second kappa shape index (κ2) is 14.5. The van der Waals surface area contributed by atoms with Crippen molar-refractivity contribution in [3.63, 3.8) is 0 Å². The van der Waals surface area contributed by atoms with Gasteiger partial charge in [0.2, 0.25) is 17.7 Å². The number of amides is 3. The van der Waals surface area contributed by atoms with Crippen LogP contribution in [0.4, 0.5) is 0 Å². The van der Waals surface area contributed by atoms with Crippen LogP contribution in [0.2, 0.25) is 0 Å². The molecule has 0 bridgehead atoms. The number of carboxylic acid groups (broad SMARTS) is 1. The van der Waals surface area contributed by atoms with Crippen LogP contribution < -0.4 is 20.7 Å². The van der Waals surface area contributed by atoms with Crippen molar-refractivity contribution in [1.82, 2.24) is 20.9 Å². The molecule has 4 N–H and O–H groups in total. The van der Waals surface area contributed by atoms with E-state index in [2.05, 4.69) is 16.0 Å². The highest BCUT2D eigenvalue weighted by Gasteiger charge is 2.38. The number of rotatable bonds is 12. The molecule has 3 amide bonds. The third-order valence-corrected chi connectivity index (χ3v) is 7.72. The first-order chi connectivity index (χ1) is 20.5. The lowest BCUT2D eigenvalue weighted by Crippen LogP contribution is -2.54. The molecule has 4 unspecified atom stereocenters. The second-order valence-electron chi connectivity index (χ2n) is 12.5. The van der Waals surface area contributed by atoms with Gasteiger partial charge in [0, 0.05) is 25.4 Å². The summed E-state index contributed by atoms with van der Waals surface area (Å²) in [6.07, 6.45) is 3.23. The summed E-state index contributed by atoms with van der Waals surface area (Å²) in [7, 11) is 0. The van der Waals surface area contributed by atoms with E-state index in [-0.39, 0.29) is 30.4 Å². The Hall–Kier alpha value is -3.92. The molecule has 4 atom stereocenters. The summed E-state index contributed by atoms with van der Waals surface area (Å²) in [6, 6.07) is 14.3.